The molecule has 2 rings (SSSR count). The minimum Gasteiger partial charge on any atom is -0.399 e. The zero-order chi connectivity index (χ0) is 8.55. The standard InChI is InChI=1S/C11H13N/c1-2-8-3-4-9-7-10(12)5-6-11(8)9/h3,5-7H,2,4,12H2,1H3. The lowest BCUT2D eigenvalue weighted by molar-refractivity contribution is 1.25. The number of fused-ring (bicyclic) bond motifs is 1. The summed E-state index contributed by atoms with van der Waals surface area (Å²) in [7, 11) is 0. The Labute approximate surface area is 72.9 Å². The minimum atomic E-state index is 0.875. The number of allylic oxidation sites excluding steroid dienone is 2. The van der Waals surface area contributed by atoms with Gasteiger partial charge in [-0.2, -0.15) is 0 Å². The lowest BCUT2D eigenvalue weighted by Gasteiger charge is -2.03. The Morgan fingerprint density at radius 1 is 1.42 bits per heavy atom. The van der Waals surface area contributed by atoms with Gasteiger partial charge in [-0.05, 0) is 41.7 Å². The van der Waals surface area contributed by atoms with Gasteiger partial charge < -0.3 is 5.73 Å². The van der Waals surface area contributed by atoms with Crippen LogP contribution in [0.25, 0.3) is 5.57 Å². The predicted octanol–water partition coefficient (Wildman–Crippen LogP) is 2.62. The second-order valence-electron chi connectivity index (χ2n) is 3.20. The molecule has 0 amide bonds. The molecule has 1 aromatic carbocycles. The molecule has 0 atom stereocenters. The van der Waals surface area contributed by atoms with Crippen molar-refractivity contribution < 1.29 is 0 Å². The Balaban J connectivity index is 2.47. The zero-order valence-corrected chi connectivity index (χ0v) is 7.30. The average Bonchev–Trinajstić information content (AvgIpc) is 2.46. The van der Waals surface area contributed by atoms with Crippen molar-refractivity contribution in [3.05, 3.63) is 35.4 Å². The van der Waals surface area contributed by atoms with E-state index < -0.39 is 0 Å². The van der Waals surface area contributed by atoms with Crippen LogP contribution in [0.2, 0.25) is 0 Å². The van der Waals surface area contributed by atoms with Crippen LogP contribution in [0.1, 0.15) is 24.5 Å². The average molecular weight is 159 g/mol. The van der Waals surface area contributed by atoms with Crippen molar-refractivity contribution in [2.45, 2.75) is 19.8 Å². The number of rotatable bonds is 1. The summed E-state index contributed by atoms with van der Waals surface area (Å²) in [5.74, 6) is 0. The third-order valence-corrected chi connectivity index (χ3v) is 2.42. The normalized spacial score (nSPS) is 14.2. The van der Waals surface area contributed by atoms with E-state index in [9.17, 15) is 0 Å². The molecule has 0 unspecified atom stereocenters. The maximum absolute atomic E-state index is 5.69. The number of anilines is 1. The van der Waals surface area contributed by atoms with Crippen molar-refractivity contribution in [3.63, 3.8) is 0 Å². The van der Waals surface area contributed by atoms with Crippen LogP contribution in [0.3, 0.4) is 0 Å². The fourth-order valence-electron chi connectivity index (χ4n) is 1.77. The smallest absolute Gasteiger partial charge is 0.0317 e. The molecule has 0 saturated heterocycles. The van der Waals surface area contributed by atoms with Gasteiger partial charge in [-0.15, -0.1) is 0 Å². The van der Waals surface area contributed by atoms with Crippen LogP contribution < -0.4 is 5.73 Å². The summed E-state index contributed by atoms with van der Waals surface area (Å²) in [6.45, 7) is 2.19. The predicted molar refractivity (Wildman–Crippen MR) is 52.8 cm³/mol. The quantitative estimate of drug-likeness (QED) is 0.626. The molecule has 0 spiro atoms. The first-order chi connectivity index (χ1) is 5.81. The molecule has 1 aliphatic carbocycles. The highest BCUT2D eigenvalue weighted by atomic mass is 14.5. The summed E-state index contributed by atoms with van der Waals surface area (Å²) in [6.07, 6.45) is 4.48. The Morgan fingerprint density at radius 3 is 3.00 bits per heavy atom. The molecular weight excluding hydrogens is 146 g/mol. The molecule has 0 saturated carbocycles. The lowest BCUT2D eigenvalue weighted by atomic mass is 10.0. The summed E-state index contributed by atoms with van der Waals surface area (Å²) in [5.41, 5.74) is 10.8. The zero-order valence-electron chi connectivity index (χ0n) is 7.30. The summed E-state index contributed by atoms with van der Waals surface area (Å²) < 4.78 is 0. The van der Waals surface area contributed by atoms with Crippen LogP contribution in [0.15, 0.2) is 24.3 Å². The molecule has 1 heteroatoms. The van der Waals surface area contributed by atoms with E-state index in [1.165, 1.54) is 16.7 Å². The molecular formula is C11H13N. The molecule has 1 aliphatic rings. The molecule has 1 aromatic rings. The Bertz CT molecular complexity index is 337. The van der Waals surface area contributed by atoms with Crippen LogP contribution in [-0.4, -0.2) is 0 Å². The van der Waals surface area contributed by atoms with Gasteiger partial charge in [-0.1, -0.05) is 19.1 Å². The Hall–Kier alpha value is -1.24. The fourth-order valence-corrected chi connectivity index (χ4v) is 1.77. The van der Waals surface area contributed by atoms with Gasteiger partial charge in [-0.3, -0.25) is 0 Å². The molecule has 0 fully saturated rings. The number of hydrogen-bond donors (Lipinski definition) is 1. The van der Waals surface area contributed by atoms with Gasteiger partial charge in [0.1, 0.15) is 0 Å². The van der Waals surface area contributed by atoms with Gasteiger partial charge in [0.05, 0.1) is 0 Å². The lowest BCUT2D eigenvalue weighted by Crippen LogP contribution is -1.89. The van der Waals surface area contributed by atoms with Crippen LogP contribution in [0.5, 0.6) is 0 Å². The van der Waals surface area contributed by atoms with Gasteiger partial charge in [-0.25, -0.2) is 0 Å². The van der Waals surface area contributed by atoms with Gasteiger partial charge >= 0.3 is 0 Å². The van der Waals surface area contributed by atoms with Gasteiger partial charge in [0.2, 0.25) is 0 Å². The second-order valence-corrected chi connectivity index (χ2v) is 3.20. The topological polar surface area (TPSA) is 26.0 Å². The minimum absolute atomic E-state index is 0.875. The highest BCUT2D eigenvalue weighted by molar-refractivity contribution is 5.74. The summed E-state index contributed by atoms with van der Waals surface area (Å²) in [5, 5.41) is 0. The monoisotopic (exact) mass is 159 g/mol. The molecule has 62 valence electrons. The summed E-state index contributed by atoms with van der Waals surface area (Å²) in [6, 6.07) is 6.19. The largest absolute Gasteiger partial charge is 0.399 e. The molecule has 1 nitrogen and oxygen atoms in total. The van der Waals surface area contributed by atoms with E-state index in [2.05, 4.69) is 25.1 Å². The second kappa shape index (κ2) is 2.67. The molecule has 0 aliphatic heterocycles. The molecule has 2 N–H and O–H groups in total. The van der Waals surface area contributed by atoms with Crippen molar-refractivity contribution in [1.29, 1.82) is 0 Å². The first-order valence-corrected chi connectivity index (χ1v) is 4.39. The van der Waals surface area contributed by atoms with E-state index in [1.807, 2.05) is 6.07 Å². The van der Waals surface area contributed by atoms with E-state index in [0.29, 0.717) is 0 Å². The molecule has 0 radical (unpaired) electrons. The van der Waals surface area contributed by atoms with Crippen LogP contribution in [-0.2, 0) is 6.42 Å². The van der Waals surface area contributed by atoms with Crippen molar-refractivity contribution in [3.8, 4) is 0 Å². The van der Waals surface area contributed by atoms with Gasteiger partial charge in [0, 0.05) is 5.69 Å². The van der Waals surface area contributed by atoms with Crippen LogP contribution >= 0.6 is 0 Å². The van der Waals surface area contributed by atoms with Crippen molar-refractivity contribution >= 4 is 11.3 Å². The Morgan fingerprint density at radius 2 is 2.25 bits per heavy atom. The molecule has 0 aromatic heterocycles. The fraction of sp³-hybridized carbons (Fsp3) is 0.273. The maximum Gasteiger partial charge on any atom is 0.0317 e. The third-order valence-electron chi connectivity index (χ3n) is 2.42. The number of nitrogen functional groups attached to an aromatic ring is 1. The van der Waals surface area contributed by atoms with E-state index in [1.54, 1.807) is 0 Å². The van der Waals surface area contributed by atoms with Gasteiger partial charge in [0.25, 0.3) is 0 Å². The van der Waals surface area contributed by atoms with Gasteiger partial charge in [0.15, 0.2) is 0 Å². The third kappa shape index (κ3) is 1.02. The first kappa shape index (κ1) is 7.41. The number of hydrogen-bond acceptors (Lipinski definition) is 1. The Kier molecular flexibility index (Phi) is 1.65. The van der Waals surface area contributed by atoms with Crippen molar-refractivity contribution in [2.75, 3.05) is 5.73 Å². The number of nitrogens with two attached hydrogens (primary N) is 1. The number of benzene rings is 1. The van der Waals surface area contributed by atoms with Crippen LogP contribution in [0, 0.1) is 0 Å². The molecule has 0 bridgehead atoms. The van der Waals surface area contributed by atoms with Crippen LogP contribution in [0.4, 0.5) is 5.69 Å². The summed E-state index contributed by atoms with van der Waals surface area (Å²) >= 11 is 0. The van der Waals surface area contributed by atoms with E-state index in [-0.39, 0.29) is 0 Å². The first-order valence-electron chi connectivity index (χ1n) is 4.39. The molecule has 0 heterocycles. The highest BCUT2D eigenvalue weighted by Crippen LogP contribution is 2.30. The molecule has 12 heavy (non-hydrogen) atoms. The van der Waals surface area contributed by atoms with Crippen molar-refractivity contribution in [1.82, 2.24) is 0 Å². The van der Waals surface area contributed by atoms with E-state index in [4.69, 9.17) is 5.73 Å². The van der Waals surface area contributed by atoms with E-state index in [0.717, 1.165) is 18.5 Å². The maximum atomic E-state index is 5.69. The van der Waals surface area contributed by atoms with Crippen molar-refractivity contribution in [2.24, 2.45) is 0 Å². The highest BCUT2D eigenvalue weighted by Gasteiger charge is 2.11. The van der Waals surface area contributed by atoms with E-state index >= 15 is 0 Å². The summed E-state index contributed by atoms with van der Waals surface area (Å²) in [4.78, 5) is 0. The SMILES string of the molecule is CCC1=CCc2cc(N)ccc21.